The number of hydrogen-bond donors (Lipinski definition) is 1. The van der Waals surface area contributed by atoms with Crippen molar-refractivity contribution in [3.63, 3.8) is 0 Å². The summed E-state index contributed by atoms with van der Waals surface area (Å²) in [4.78, 5) is 17.0. The van der Waals surface area contributed by atoms with Gasteiger partial charge in [0.05, 0.1) is 11.3 Å². The Morgan fingerprint density at radius 2 is 2.05 bits per heavy atom. The van der Waals surface area contributed by atoms with E-state index in [4.69, 9.17) is 5.11 Å². The second-order valence-electron chi connectivity index (χ2n) is 4.42. The third-order valence-electron chi connectivity index (χ3n) is 2.66. The summed E-state index contributed by atoms with van der Waals surface area (Å²) in [6.07, 6.45) is 1.79. The molecule has 1 aromatic heterocycles. The van der Waals surface area contributed by atoms with E-state index in [9.17, 15) is 13.2 Å². The zero-order valence-corrected chi connectivity index (χ0v) is 12.1. The smallest absolute Gasteiger partial charge is 0.335 e. The first-order chi connectivity index (χ1) is 8.73. The molecule has 1 N–H and O–H groups in total. The van der Waals surface area contributed by atoms with E-state index in [1.165, 1.54) is 18.4 Å². The van der Waals surface area contributed by atoms with Crippen molar-refractivity contribution in [1.29, 1.82) is 0 Å². The van der Waals surface area contributed by atoms with Gasteiger partial charge in [0.1, 0.15) is 15.7 Å². The van der Waals surface area contributed by atoms with Crippen molar-refractivity contribution in [2.45, 2.75) is 13.3 Å². The molecule has 0 aliphatic rings. The van der Waals surface area contributed by atoms with Gasteiger partial charge in [0.25, 0.3) is 0 Å². The molecular weight excluding hydrogens is 268 g/mol. The minimum Gasteiger partial charge on any atom is -0.478 e. The number of rotatable bonds is 6. The van der Waals surface area contributed by atoms with E-state index in [1.54, 1.807) is 11.9 Å². The predicted octanol–water partition coefficient (Wildman–Crippen LogP) is 0.823. The highest BCUT2D eigenvalue weighted by Gasteiger charge is 2.12. The van der Waals surface area contributed by atoms with E-state index in [1.807, 2.05) is 6.92 Å². The third kappa shape index (κ3) is 4.86. The largest absolute Gasteiger partial charge is 0.478 e. The minimum absolute atomic E-state index is 0.00391. The minimum atomic E-state index is -3.06. The summed E-state index contributed by atoms with van der Waals surface area (Å²) in [6.45, 7) is 2.16. The van der Waals surface area contributed by atoms with Gasteiger partial charge < -0.3 is 10.0 Å². The van der Waals surface area contributed by atoms with E-state index in [0.29, 0.717) is 17.9 Å². The van der Waals surface area contributed by atoms with Crippen LogP contribution in [0, 0.1) is 0 Å². The van der Waals surface area contributed by atoms with Crippen molar-refractivity contribution in [3.05, 3.63) is 23.4 Å². The van der Waals surface area contributed by atoms with E-state index in [-0.39, 0.29) is 17.9 Å². The topological polar surface area (TPSA) is 87.6 Å². The summed E-state index contributed by atoms with van der Waals surface area (Å²) in [5.74, 6) is -0.542. The molecule has 0 bridgehead atoms. The van der Waals surface area contributed by atoms with Gasteiger partial charge in [-0.05, 0) is 18.6 Å². The van der Waals surface area contributed by atoms with Crippen molar-refractivity contribution in [1.82, 2.24) is 4.98 Å². The highest BCUT2D eigenvalue weighted by atomic mass is 32.2. The maximum atomic E-state index is 11.1. The molecule has 0 aliphatic heterocycles. The Balaban J connectivity index is 2.98. The van der Waals surface area contributed by atoms with E-state index >= 15 is 0 Å². The SMILES string of the molecule is CCc1cc(C(=O)O)cc(N(C)CCS(C)(=O)=O)n1. The Hall–Kier alpha value is -1.63. The first-order valence-electron chi connectivity index (χ1n) is 5.86. The molecule has 6 nitrogen and oxygen atoms in total. The normalized spacial score (nSPS) is 11.3. The first kappa shape index (κ1) is 15.4. The van der Waals surface area contributed by atoms with Crippen LogP contribution in [0.3, 0.4) is 0 Å². The average molecular weight is 286 g/mol. The van der Waals surface area contributed by atoms with Gasteiger partial charge in [-0.25, -0.2) is 18.2 Å². The van der Waals surface area contributed by atoms with Crippen LogP contribution in [-0.2, 0) is 16.3 Å². The van der Waals surface area contributed by atoms with Crippen LogP contribution >= 0.6 is 0 Å². The molecule has 1 heterocycles. The van der Waals surface area contributed by atoms with Crippen LogP contribution < -0.4 is 4.90 Å². The molecule has 0 radical (unpaired) electrons. The van der Waals surface area contributed by atoms with Crippen LogP contribution in [0.25, 0.3) is 0 Å². The maximum Gasteiger partial charge on any atom is 0.335 e. The number of nitrogens with zero attached hydrogens (tertiary/aromatic N) is 2. The van der Waals surface area contributed by atoms with Crippen molar-refractivity contribution in [2.24, 2.45) is 0 Å². The third-order valence-corrected chi connectivity index (χ3v) is 3.59. The summed E-state index contributed by atoms with van der Waals surface area (Å²) >= 11 is 0. The maximum absolute atomic E-state index is 11.1. The number of carboxylic acid groups (broad SMARTS) is 1. The zero-order chi connectivity index (χ0) is 14.6. The number of pyridine rings is 1. The van der Waals surface area contributed by atoms with Crippen LogP contribution in [0.1, 0.15) is 23.0 Å². The lowest BCUT2D eigenvalue weighted by Crippen LogP contribution is -2.26. The standard InChI is InChI=1S/C12H18N2O4S/c1-4-10-7-9(12(15)16)8-11(13-10)14(2)5-6-19(3,17)18/h7-8H,4-6H2,1-3H3,(H,15,16). The molecule has 1 rings (SSSR count). The van der Waals surface area contributed by atoms with Gasteiger partial charge in [-0.3, -0.25) is 0 Å². The monoisotopic (exact) mass is 286 g/mol. The highest BCUT2D eigenvalue weighted by Crippen LogP contribution is 2.14. The molecule has 0 spiro atoms. The summed E-state index contributed by atoms with van der Waals surface area (Å²) in [6, 6.07) is 2.97. The lowest BCUT2D eigenvalue weighted by Gasteiger charge is -2.18. The van der Waals surface area contributed by atoms with Crippen LogP contribution in [-0.4, -0.2) is 50.1 Å². The Morgan fingerprint density at radius 3 is 2.53 bits per heavy atom. The number of sulfone groups is 1. The lowest BCUT2D eigenvalue weighted by molar-refractivity contribution is 0.0696. The van der Waals surface area contributed by atoms with Crippen LogP contribution in [0.4, 0.5) is 5.82 Å². The molecule has 7 heteroatoms. The Bertz CT molecular complexity index is 569. The first-order valence-corrected chi connectivity index (χ1v) is 7.92. The fourth-order valence-corrected chi connectivity index (χ4v) is 2.09. The number of aromatic nitrogens is 1. The van der Waals surface area contributed by atoms with Gasteiger partial charge in [-0.15, -0.1) is 0 Å². The molecule has 0 aliphatic carbocycles. The van der Waals surface area contributed by atoms with Crippen molar-refractivity contribution >= 4 is 21.6 Å². The fraction of sp³-hybridized carbons (Fsp3) is 0.500. The Morgan fingerprint density at radius 1 is 1.42 bits per heavy atom. The number of anilines is 1. The van der Waals surface area contributed by atoms with Crippen molar-refractivity contribution in [3.8, 4) is 0 Å². The molecule has 0 saturated heterocycles. The average Bonchev–Trinajstić information content (AvgIpc) is 2.34. The second-order valence-corrected chi connectivity index (χ2v) is 6.68. The van der Waals surface area contributed by atoms with E-state index < -0.39 is 15.8 Å². The summed E-state index contributed by atoms with van der Waals surface area (Å²) in [5, 5.41) is 9.03. The van der Waals surface area contributed by atoms with Gasteiger partial charge in [0, 0.05) is 25.5 Å². The quantitative estimate of drug-likeness (QED) is 0.833. The van der Waals surface area contributed by atoms with Crippen LogP contribution in [0.15, 0.2) is 12.1 Å². The highest BCUT2D eigenvalue weighted by molar-refractivity contribution is 7.90. The zero-order valence-electron chi connectivity index (χ0n) is 11.3. The lowest BCUT2D eigenvalue weighted by atomic mass is 10.2. The molecule has 19 heavy (non-hydrogen) atoms. The molecule has 106 valence electrons. The number of hydrogen-bond acceptors (Lipinski definition) is 5. The Labute approximate surface area is 113 Å². The van der Waals surface area contributed by atoms with Gasteiger partial charge in [-0.1, -0.05) is 6.92 Å². The molecule has 0 amide bonds. The number of aryl methyl sites for hydroxylation is 1. The van der Waals surface area contributed by atoms with Gasteiger partial charge >= 0.3 is 5.97 Å². The van der Waals surface area contributed by atoms with Gasteiger partial charge in [0.15, 0.2) is 0 Å². The molecular formula is C12H18N2O4S. The van der Waals surface area contributed by atoms with Gasteiger partial charge in [0.2, 0.25) is 0 Å². The molecule has 0 aromatic carbocycles. The summed E-state index contributed by atoms with van der Waals surface area (Å²) in [5.41, 5.74) is 0.828. The van der Waals surface area contributed by atoms with Gasteiger partial charge in [-0.2, -0.15) is 0 Å². The second kappa shape index (κ2) is 6.01. The van der Waals surface area contributed by atoms with E-state index in [0.717, 1.165) is 0 Å². The fourth-order valence-electron chi connectivity index (χ4n) is 1.49. The van der Waals surface area contributed by atoms with Crippen molar-refractivity contribution in [2.75, 3.05) is 30.5 Å². The number of carboxylic acids is 1. The molecule has 0 fully saturated rings. The number of carbonyl (C=O) groups is 1. The predicted molar refractivity (Wildman–Crippen MR) is 73.6 cm³/mol. The van der Waals surface area contributed by atoms with E-state index in [2.05, 4.69) is 4.98 Å². The summed E-state index contributed by atoms with van der Waals surface area (Å²) in [7, 11) is -1.36. The molecule has 0 saturated carbocycles. The molecule has 0 atom stereocenters. The van der Waals surface area contributed by atoms with Crippen molar-refractivity contribution < 1.29 is 18.3 Å². The molecule has 1 aromatic rings. The Kier molecular flexibility index (Phi) is 4.88. The van der Waals surface area contributed by atoms with Crippen LogP contribution in [0.5, 0.6) is 0 Å². The summed E-state index contributed by atoms with van der Waals surface area (Å²) < 4.78 is 22.2. The number of aromatic carboxylic acids is 1. The van der Waals surface area contributed by atoms with Crippen LogP contribution in [0.2, 0.25) is 0 Å². The molecule has 0 unspecified atom stereocenters.